The summed E-state index contributed by atoms with van der Waals surface area (Å²) in [7, 11) is 0. The van der Waals surface area contributed by atoms with Gasteiger partial charge in [-0.3, -0.25) is 14.9 Å². The number of hydrogen-bond acceptors (Lipinski definition) is 4. The van der Waals surface area contributed by atoms with Crippen molar-refractivity contribution in [1.82, 2.24) is 5.32 Å². The molecule has 0 aromatic heterocycles. The van der Waals surface area contributed by atoms with Crippen molar-refractivity contribution in [2.75, 3.05) is 23.8 Å². The monoisotopic (exact) mass is 428 g/mol. The molecule has 2 aromatic carbocycles. The van der Waals surface area contributed by atoms with Crippen LogP contribution in [0, 0.1) is 6.92 Å². The number of carbonyl (C=O) groups is 2. The fraction of sp³-hybridized carbons (Fsp3) is 0.318. The maximum Gasteiger partial charge on any atom is 0.258 e. The lowest BCUT2D eigenvalue weighted by atomic mass is 10.2. The van der Waals surface area contributed by atoms with Crippen molar-refractivity contribution >= 4 is 40.7 Å². The number of nitrogens with zero attached hydrogens (tertiary/aromatic N) is 1. The van der Waals surface area contributed by atoms with Crippen molar-refractivity contribution < 1.29 is 14.3 Å². The summed E-state index contributed by atoms with van der Waals surface area (Å²) in [6, 6.07) is 12.2. The van der Waals surface area contributed by atoms with E-state index in [4.69, 9.17) is 16.3 Å². The Bertz CT molecular complexity index is 955. The van der Waals surface area contributed by atoms with E-state index in [2.05, 4.69) is 20.9 Å². The van der Waals surface area contributed by atoms with E-state index < -0.39 is 0 Å². The molecule has 1 fully saturated rings. The topological polar surface area (TPSA) is 91.8 Å². The van der Waals surface area contributed by atoms with Crippen LogP contribution < -0.4 is 16.0 Å². The molecule has 0 radical (unpaired) electrons. The van der Waals surface area contributed by atoms with Crippen molar-refractivity contribution in [2.45, 2.75) is 32.8 Å². The third-order valence-corrected chi connectivity index (χ3v) is 5.08. The minimum atomic E-state index is -0.347. The number of aliphatic imine (C=N–C) groups is 1. The zero-order valence-corrected chi connectivity index (χ0v) is 17.8. The molecule has 7 nitrogen and oxygen atoms in total. The third kappa shape index (κ3) is 6.05. The quantitative estimate of drug-likeness (QED) is 0.496. The molecule has 0 unspecified atom stereocenters. The largest absolute Gasteiger partial charge is 0.376 e. The van der Waals surface area contributed by atoms with Gasteiger partial charge in [0.2, 0.25) is 11.9 Å². The highest BCUT2D eigenvalue weighted by Gasteiger charge is 2.17. The second kappa shape index (κ2) is 10.2. The van der Waals surface area contributed by atoms with Gasteiger partial charge in [0.05, 0.1) is 12.6 Å². The lowest BCUT2D eigenvalue weighted by Gasteiger charge is -2.15. The van der Waals surface area contributed by atoms with Crippen molar-refractivity contribution in [2.24, 2.45) is 4.99 Å². The summed E-state index contributed by atoms with van der Waals surface area (Å²) >= 11 is 6.22. The van der Waals surface area contributed by atoms with Crippen molar-refractivity contribution in [3.05, 3.63) is 58.6 Å². The van der Waals surface area contributed by atoms with E-state index in [9.17, 15) is 9.59 Å². The molecule has 1 atom stereocenters. The fourth-order valence-corrected chi connectivity index (χ4v) is 3.26. The average Bonchev–Trinajstić information content (AvgIpc) is 3.23. The van der Waals surface area contributed by atoms with Gasteiger partial charge < -0.3 is 15.4 Å². The lowest BCUT2D eigenvalue weighted by Crippen LogP contribution is -2.37. The second-order valence-corrected chi connectivity index (χ2v) is 7.49. The highest BCUT2D eigenvalue weighted by molar-refractivity contribution is 6.31. The molecule has 0 saturated carbocycles. The molecule has 158 valence electrons. The van der Waals surface area contributed by atoms with Crippen LogP contribution in [0.5, 0.6) is 0 Å². The summed E-state index contributed by atoms with van der Waals surface area (Å²) < 4.78 is 5.63. The molecule has 1 saturated heterocycles. The Morgan fingerprint density at radius 2 is 2.00 bits per heavy atom. The van der Waals surface area contributed by atoms with Gasteiger partial charge in [0.1, 0.15) is 0 Å². The number of amides is 2. The molecular weight excluding hydrogens is 404 g/mol. The summed E-state index contributed by atoms with van der Waals surface area (Å²) in [4.78, 5) is 28.7. The number of halogens is 1. The van der Waals surface area contributed by atoms with Crippen molar-refractivity contribution in [3.63, 3.8) is 0 Å². The predicted molar refractivity (Wildman–Crippen MR) is 119 cm³/mol. The molecule has 0 spiro atoms. The van der Waals surface area contributed by atoms with Gasteiger partial charge >= 0.3 is 0 Å². The van der Waals surface area contributed by atoms with Gasteiger partial charge in [-0.05, 0) is 55.7 Å². The maximum absolute atomic E-state index is 12.8. The van der Waals surface area contributed by atoms with Gasteiger partial charge in [-0.1, -0.05) is 23.7 Å². The second-order valence-electron chi connectivity index (χ2n) is 7.08. The first-order valence-corrected chi connectivity index (χ1v) is 10.2. The van der Waals surface area contributed by atoms with Crippen LogP contribution in [-0.2, 0) is 9.53 Å². The molecule has 0 bridgehead atoms. The molecule has 2 aromatic rings. The van der Waals surface area contributed by atoms with Crippen LogP contribution in [0.25, 0.3) is 0 Å². The summed E-state index contributed by atoms with van der Waals surface area (Å²) in [5, 5.41) is 9.28. The first-order chi connectivity index (χ1) is 14.4. The number of guanidine groups is 1. The SMILES string of the molecule is CC(=O)Nc1cccc(C(=O)NC(=NC[C@@H]2CCCO2)Nc2cccc(Cl)c2C)c1. The maximum atomic E-state index is 12.8. The number of carbonyl (C=O) groups excluding carboxylic acids is 2. The zero-order valence-electron chi connectivity index (χ0n) is 17.0. The van der Waals surface area contributed by atoms with E-state index in [1.165, 1.54) is 6.92 Å². The number of nitrogens with one attached hydrogen (secondary N) is 3. The van der Waals surface area contributed by atoms with Crippen molar-refractivity contribution in [3.8, 4) is 0 Å². The third-order valence-electron chi connectivity index (χ3n) is 4.67. The molecule has 2 amide bonds. The van der Waals surface area contributed by atoms with Crippen LogP contribution in [0.3, 0.4) is 0 Å². The predicted octanol–water partition coefficient (Wildman–Crippen LogP) is 3.98. The van der Waals surface area contributed by atoms with E-state index in [0.717, 1.165) is 30.7 Å². The highest BCUT2D eigenvalue weighted by atomic mass is 35.5. The normalized spacial score (nSPS) is 16.2. The summed E-state index contributed by atoms with van der Waals surface area (Å²) in [5.41, 5.74) is 2.55. The summed E-state index contributed by atoms with van der Waals surface area (Å²) in [6.45, 7) is 4.48. The lowest BCUT2D eigenvalue weighted by molar-refractivity contribution is -0.114. The van der Waals surface area contributed by atoms with E-state index in [-0.39, 0.29) is 17.9 Å². The van der Waals surface area contributed by atoms with Crippen molar-refractivity contribution in [1.29, 1.82) is 0 Å². The Balaban J connectivity index is 1.79. The van der Waals surface area contributed by atoms with Gasteiger partial charge in [0.15, 0.2) is 0 Å². The smallest absolute Gasteiger partial charge is 0.258 e. The number of rotatable bonds is 5. The number of anilines is 2. The minimum absolute atomic E-state index is 0.0438. The molecule has 3 N–H and O–H groups in total. The molecule has 1 aliphatic rings. The van der Waals surface area contributed by atoms with Gasteiger partial charge in [0.25, 0.3) is 5.91 Å². The molecule has 30 heavy (non-hydrogen) atoms. The van der Waals surface area contributed by atoms with E-state index >= 15 is 0 Å². The standard InChI is InChI=1S/C22H25ClN4O3/c1-14-19(23)9-4-10-20(14)26-22(24-13-18-8-5-11-30-18)27-21(29)16-6-3-7-17(12-16)25-15(2)28/h3-4,6-7,9-10,12,18H,5,8,11,13H2,1-2H3,(H,25,28)(H2,24,26,27,29)/t18-/m0/s1. The van der Waals surface area contributed by atoms with Gasteiger partial charge in [-0.25, -0.2) is 4.99 Å². The van der Waals surface area contributed by atoms with E-state index in [0.29, 0.717) is 28.8 Å². The van der Waals surface area contributed by atoms with E-state index in [1.807, 2.05) is 19.1 Å². The molecule has 1 aliphatic heterocycles. The zero-order chi connectivity index (χ0) is 21.5. The summed E-state index contributed by atoms with van der Waals surface area (Å²) in [5.74, 6) is -0.240. The Hall–Kier alpha value is -2.90. The molecule has 1 heterocycles. The van der Waals surface area contributed by atoms with Crippen LogP contribution >= 0.6 is 11.6 Å². The fourth-order valence-electron chi connectivity index (χ4n) is 3.08. The Morgan fingerprint density at radius 1 is 1.20 bits per heavy atom. The van der Waals surface area contributed by atoms with Gasteiger partial charge in [-0.2, -0.15) is 0 Å². The Morgan fingerprint density at radius 3 is 2.73 bits per heavy atom. The molecular formula is C22H25ClN4O3. The van der Waals surface area contributed by atoms with E-state index in [1.54, 1.807) is 30.3 Å². The Labute approximate surface area is 180 Å². The number of hydrogen-bond donors (Lipinski definition) is 3. The van der Waals surface area contributed by atoms with Gasteiger partial charge in [0, 0.05) is 35.5 Å². The number of benzene rings is 2. The first kappa shape index (κ1) is 21.8. The van der Waals surface area contributed by atoms with Crippen LogP contribution in [-0.4, -0.2) is 37.0 Å². The van der Waals surface area contributed by atoms with Crippen LogP contribution in [0.15, 0.2) is 47.5 Å². The summed E-state index contributed by atoms with van der Waals surface area (Å²) in [6.07, 6.45) is 2.00. The number of ether oxygens (including phenoxy) is 1. The highest BCUT2D eigenvalue weighted by Crippen LogP contribution is 2.23. The van der Waals surface area contributed by atoms with Crippen LogP contribution in [0.4, 0.5) is 11.4 Å². The molecule has 8 heteroatoms. The average molecular weight is 429 g/mol. The van der Waals surface area contributed by atoms with Crippen LogP contribution in [0.1, 0.15) is 35.7 Å². The van der Waals surface area contributed by atoms with Gasteiger partial charge in [-0.15, -0.1) is 0 Å². The molecule has 3 rings (SSSR count). The van der Waals surface area contributed by atoms with Crippen LogP contribution in [0.2, 0.25) is 5.02 Å². The first-order valence-electron chi connectivity index (χ1n) is 9.79. The Kier molecular flexibility index (Phi) is 7.43. The molecule has 0 aliphatic carbocycles. The minimum Gasteiger partial charge on any atom is -0.376 e.